The molecule has 0 spiro atoms. The van der Waals surface area contributed by atoms with Crippen molar-refractivity contribution in [3.05, 3.63) is 30.1 Å². The normalized spacial score (nSPS) is 13.7. The fourth-order valence-corrected chi connectivity index (χ4v) is 1.60. The number of aliphatic hydroxyl groups excluding tert-OH is 1. The SMILES string of the molecule is C[C@H](NC(=O)OC(C)(C)C)C(=O)OCOC(O)Cc1ccccn1. The van der Waals surface area contributed by atoms with Crippen LogP contribution in [0.5, 0.6) is 0 Å². The Kier molecular flexibility index (Phi) is 7.60. The van der Waals surface area contributed by atoms with Gasteiger partial charge >= 0.3 is 12.1 Å². The molecule has 0 bridgehead atoms. The number of carbonyl (C=O) groups excluding carboxylic acids is 2. The van der Waals surface area contributed by atoms with Crippen LogP contribution in [0.25, 0.3) is 0 Å². The van der Waals surface area contributed by atoms with E-state index in [2.05, 4.69) is 10.3 Å². The first-order valence-corrected chi connectivity index (χ1v) is 7.53. The van der Waals surface area contributed by atoms with Gasteiger partial charge in [-0.15, -0.1) is 0 Å². The van der Waals surface area contributed by atoms with E-state index in [1.54, 1.807) is 45.2 Å². The first kappa shape index (κ1) is 19.9. The molecule has 2 atom stereocenters. The summed E-state index contributed by atoms with van der Waals surface area (Å²) in [7, 11) is 0. The fourth-order valence-electron chi connectivity index (χ4n) is 1.60. The van der Waals surface area contributed by atoms with E-state index in [1.165, 1.54) is 6.92 Å². The summed E-state index contributed by atoms with van der Waals surface area (Å²) in [6.07, 6.45) is -0.0965. The maximum atomic E-state index is 11.7. The van der Waals surface area contributed by atoms with Gasteiger partial charge in [-0.1, -0.05) is 6.07 Å². The third kappa shape index (κ3) is 8.44. The van der Waals surface area contributed by atoms with Crippen LogP contribution in [0.2, 0.25) is 0 Å². The molecule has 0 aliphatic carbocycles. The van der Waals surface area contributed by atoms with Gasteiger partial charge in [0.05, 0.1) is 0 Å². The molecule has 1 aromatic heterocycles. The van der Waals surface area contributed by atoms with Gasteiger partial charge in [0.15, 0.2) is 13.1 Å². The molecule has 0 aliphatic rings. The second-order valence-electron chi connectivity index (χ2n) is 6.10. The fraction of sp³-hybridized carbons (Fsp3) is 0.562. The molecule has 1 amide bonds. The molecule has 1 unspecified atom stereocenters. The number of rotatable bonds is 7. The Bertz CT molecular complexity index is 529. The second kappa shape index (κ2) is 9.19. The molecule has 0 saturated carbocycles. The molecule has 1 rings (SSSR count). The zero-order valence-electron chi connectivity index (χ0n) is 14.3. The lowest BCUT2D eigenvalue weighted by molar-refractivity contribution is -0.185. The molecular weight excluding hydrogens is 316 g/mol. The molecule has 0 radical (unpaired) electrons. The maximum Gasteiger partial charge on any atom is 0.408 e. The Hall–Kier alpha value is -2.19. The van der Waals surface area contributed by atoms with E-state index in [0.717, 1.165) is 0 Å². The highest BCUT2D eigenvalue weighted by Crippen LogP contribution is 2.07. The van der Waals surface area contributed by atoms with Gasteiger partial charge in [-0.3, -0.25) is 4.98 Å². The van der Waals surface area contributed by atoms with Crippen molar-refractivity contribution < 1.29 is 28.9 Å². The van der Waals surface area contributed by atoms with Crippen LogP contribution in [0.15, 0.2) is 24.4 Å². The summed E-state index contributed by atoms with van der Waals surface area (Å²) in [6.45, 7) is 6.16. The summed E-state index contributed by atoms with van der Waals surface area (Å²) in [5, 5.41) is 12.0. The van der Waals surface area contributed by atoms with E-state index < -0.39 is 36.8 Å². The smallest absolute Gasteiger partial charge is 0.408 e. The van der Waals surface area contributed by atoms with Gasteiger partial charge < -0.3 is 24.6 Å². The third-order valence-corrected chi connectivity index (χ3v) is 2.66. The van der Waals surface area contributed by atoms with Crippen molar-refractivity contribution in [2.75, 3.05) is 6.79 Å². The Labute approximate surface area is 141 Å². The minimum atomic E-state index is -1.15. The molecule has 8 heteroatoms. The number of alkyl carbamates (subject to hydrolysis) is 1. The molecule has 2 N–H and O–H groups in total. The topological polar surface area (TPSA) is 107 Å². The minimum Gasteiger partial charge on any atom is -0.444 e. The number of aromatic nitrogens is 1. The predicted molar refractivity (Wildman–Crippen MR) is 84.8 cm³/mol. The standard InChI is InChI=1S/C16H24N2O6/c1-11(18-15(21)24-16(2,3)4)14(20)23-10-22-13(19)9-12-7-5-6-8-17-12/h5-8,11,13,19H,9-10H2,1-4H3,(H,18,21)/t11-,13?/m0/s1. The van der Waals surface area contributed by atoms with Crippen LogP contribution in [0.1, 0.15) is 33.4 Å². The number of nitrogens with zero attached hydrogens (tertiary/aromatic N) is 1. The Morgan fingerprint density at radius 2 is 2.04 bits per heavy atom. The number of ether oxygens (including phenoxy) is 3. The number of pyridine rings is 1. The predicted octanol–water partition coefficient (Wildman–Crippen LogP) is 1.37. The van der Waals surface area contributed by atoms with Crippen LogP contribution in [0.3, 0.4) is 0 Å². The zero-order chi connectivity index (χ0) is 18.2. The van der Waals surface area contributed by atoms with Crippen molar-refractivity contribution in [1.29, 1.82) is 0 Å². The minimum absolute atomic E-state index is 0.171. The van der Waals surface area contributed by atoms with Gasteiger partial charge in [0.1, 0.15) is 11.6 Å². The van der Waals surface area contributed by atoms with E-state index in [-0.39, 0.29) is 6.42 Å². The van der Waals surface area contributed by atoms with E-state index in [0.29, 0.717) is 5.69 Å². The lowest BCUT2D eigenvalue weighted by atomic mass is 10.2. The average Bonchev–Trinajstić information content (AvgIpc) is 2.45. The van der Waals surface area contributed by atoms with Crippen molar-refractivity contribution in [3.8, 4) is 0 Å². The summed E-state index contributed by atoms with van der Waals surface area (Å²) < 4.78 is 14.8. The van der Waals surface area contributed by atoms with Gasteiger partial charge in [0, 0.05) is 18.3 Å². The third-order valence-electron chi connectivity index (χ3n) is 2.66. The molecule has 0 saturated heterocycles. The van der Waals surface area contributed by atoms with Crippen LogP contribution >= 0.6 is 0 Å². The van der Waals surface area contributed by atoms with Gasteiger partial charge in [-0.2, -0.15) is 0 Å². The van der Waals surface area contributed by atoms with Gasteiger partial charge in [-0.25, -0.2) is 9.59 Å². The number of amides is 1. The monoisotopic (exact) mass is 340 g/mol. The lowest BCUT2D eigenvalue weighted by Crippen LogP contribution is -2.42. The van der Waals surface area contributed by atoms with Gasteiger partial charge in [0.25, 0.3) is 0 Å². The Morgan fingerprint density at radius 1 is 1.33 bits per heavy atom. The highest BCUT2D eigenvalue weighted by molar-refractivity contribution is 5.80. The van der Waals surface area contributed by atoms with Crippen LogP contribution in [0, 0.1) is 0 Å². The maximum absolute atomic E-state index is 11.7. The van der Waals surface area contributed by atoms with E-state index in [9.17, 15) is 14.7 Å². The Morgan fingerprint density at radius 3 is 2.62 bits per heavy atom. The van der Waals surface area contributed by atoms with Crippen molar-refractivity contribution in [2.45, 2.75) is 52.0 Å². The number of aliphatic hydroxyl groups is 1. The second-order valence-corrected chi connectivity index (χ2v) is 6.10. The van der Waals surface area contributed by atoms with Crippen molar-refractivity contribution >= 4 is 12.1 Å². The number of esters is 1. The summed E-state index contributed by atoms with van der Waals surface area (Å²) in [6, 6.07) is 4.39. The molecule has 0 fully saturated rings. The molecule has 1 heterocycles. The molecule has 24 heavy (non-hydrogen) atoms. The van der Waals surface area contributed by atoms with Crippen LogP contribution in [-0.4, -0.2) is 46.9 Å². The highest BCUT2D eigenvalue weighted by Gasteiger charge is 2.22. The number of hydrogen-bond acceptors (Lipinski definition) is 7. The van der Waals surface area contributed by atoms with Gasteiger partial charge in [0.2, 0.25) is 0 Å². The zero-order valence-corrected chi connectivity index (χ0v) is 14.3. The first-order valence-electron chi connectivity index (χ1n) is 7.53. The summed E-state index contributed by atoms with van der Waals surface area (Å²) in [4.78, 5) is 27.3. The largest absolute Gasteiger partial charge is 0.444 e. The van der Waals surface area contributed by atoms with Crippen LogP contribution < -0.4 is 5.32 Å². The molecule has 0 aromatic carbocycles. The number of hydrogen-bond donors (Lipinski definition) is 2. The highest BCUT2D eigenvalue weighted by atomic mass is 16.7. The summed E-state index contributed by atoms with van der Waals surface area (Å²) >= 11 is 0. The van der Waals surface area contributed by atoms with Crippen molar-refractivity contribution in [1.82, 2.24) is 10.3 Å². The number of carbonyl (C=O) groups is 2. The molecule has 1 aromatic rings. The molecule has 134 valence electrons. The number of nitrogens with one attached hydrogen (secondary N) is 1. The Balaban J connectivity index is 2.26. The van der Waals surface area contributed by atoms with Crippen molar-refractivity contribution in [2.24, 2.45) is 0 Å². The molecular formula is C16H24N2O6. The van der Waals surface area contributed by atoms with E-state index in [4.69, 9.17) is 14.2 Å². The van der Waals surface area contributed by atoms with E-state index >= 15 is 0 Å². The van der Waals surface area contributed by atoms with Crippen LogP contribution in [-0.2, 0) is 25.4 Å². The van der Waals surface area contributed by atoms with Crippen LogP contribution in [0.4, 0.5) is 4.79 Å². The molecule has 8 nitrogen and oxygen atoms in total. The average molecular weight is 340 g/mol. The summed E-state index contributed by atoms with van der Waals surface area (Å²) in [5.41, 5.74) is -0.0110. The quantitative estimate of drug-likeness (QED) is 0.570. The van der Waals surface area contributed by atoms with Gasteiger partial charge in [-0.05, 0) is 39.8 Å². The summed E-state index contributed by atoms with van der Waals surface area (Å²) in [5.74, 6) is -0.703. The lowest BCUT2D eigenvalue weighted by Gasteiger charge is -2.21. The van der Waals surface area contributed by atoms with E-state index in [1.807, 2.05) is 0 Å². The molecule has 0 aliphatic heterocycles. The van der Waals surface area contributed by atoms with Crippen molar-refractivity contribution in [3.63, 3.8) is 0 Å². The first-order chi connectivity index (χ1) is 11.2.